The van der Waals surface area contributed by atoms with Gasteiger partial charge in [-0.3, -0.25) is 10.1 Å². The van der Waals surface area contributed by atoms with Crippen molar-refractivity contribution in [3.8, 4) is 5.75 Å². The predicted molar refractivity (Wildman–Crippen MR) is 94.1 cm³/mol. The number of hydrogen-bond donors (Lipinski definition) is 1. The third-order valence-electron chi connectivity index (χ3n) is 3.43. The lowest BCUT2D eigenvalue weighted by atomic mass is 10.1. The highest BCUT2D eigenvalue weighted by Crippen LogP contribution is 2.28. The minimum atomic E-state index is -0.991. The molecule has 3 aromatic rings. The molecule has 0 radical (unpaired) electrons. The molecule has 0 atom stereocenters. The molecule has 0 saturated heterocycles. The SMILES string of the molecule is Cc1ccc2nc(NC(=O)C(C)(C)Oc3ccccc3)sc2c1. The number of aromatic nitrogens is 1. The Hall–Kier alpha value is -2.40. The summed E-state index contributed by atoms with van der Waals surface area (Å²) in [6, 6.07) is 15.3. The van der Waals surface area contributed by atoms with Gasteiger partial charge in [-0.2, -0.15) is 0 Å². The molecular formula is C18H18N2O2S. The van der Waals surface area contributed by atoms with Crippen LogP contribution in [0.3, 0.4) is 0 Å². The Morgan fingerprint density at radius 1 is 1.17 bits per heavy atom. The largest absolute Gasteiger partial charge is 0.478 e. The summed E-state index contributed by atoms with van der Waals surface area (Å²) in [7, 11) is 0. The molecule has 5 heteroatoms. The molecule has 2 aromatic carbocycles. The smallest absolute Gasteiger partial charge is 0.269 e. The van der Waals surface area contributed by atoms with Crippen molar-refractivity contribution in [1.29, 1.82) is 0 Å². The molecule has 1 amide bonds. The fourth-order valence-corrected chi connectivity index (χ4v) is 3.12. The first kappa shape index (κ1) is 15.5. The van der Waals surface area contributed by atoms with Crippen LogP contribution in [-0.4, -0.2) is 16.5 Å². The second-order valence-corrected chi connectivity index (χ2v) is 6.90. The molecule has 23 heavy (non-hydrogen) atoms. The van der Waals surface area contributed by atoms with E-state index >= 15 is 0 Å². The van der Waals surface area contributed by atoms with E-state index < -0.39 is 5.60 Å². The van der Waals surface area contributed by atoms with Gasteiger partial charge in [0.1, 0.15) is 5.75 Å². The van der Waals surface area contributed by atoms with E-state index in [4.69, 9.17) is 4.74 Å². The predicted octanol–water partition coefficient (Wildman–Crippen LogP) is 4.40. The Labute approximate surface area is 139 Å². The van der Waals surface area contributed by atoms with Crippen molar-refractivity contribution in [2.45, 2.75) is 26.4 Å². The van der Waals surface area contributed by atoms with Gasteiger partial charge in [0.15, 0.2) is 10.7 Å². The number of anilines is 1. The van der Waals surface area contributed by atoms with Crippen LogP contribution < -0.4 is 10.1 Å². The molecule has 1 heterocycles. The summed E-state index contributed by atoms with van der Waals surface area (Å²) < 4.78 is 6.85. The number of fused-ring (bicyclic) bond motifs is 1. The molecule has 0 aliphatic heterocycles. The first-order valence-corrected chi connectivity index (χ1v) is 8.18. The van der Waals surface area contributed by atoms with Crippen molar-refractivity contribution in [2.24, 2.45) is 0 Å². The Morgan fingerprint density at radius 3 is 2.65 bits per heavy atom. The summed E-state index contributed by atoms with van der Waals surface area (Å²) >= 11 is 1.46. The Bertz CT molecular complexity index is 841. The van der Waals surface area contributed by atoms with Crippen molar-refractivity contribution in [3.63, 3.8) is 0 Å². The Kier molecular flexibility index (Phi) is 4.05. The topological polar surface area (TPSA) is 51.2 Å². The average molecular weight is 326 g/mol. The lowest BCUT2D eigenvalue weighted by Gasteiger charge is -2.24. The summed E-state index contributed by atoms with van der Waals surface area (Å²) in [4.78, 5) is 17.0. The third kappa shape index (κ3) is 3.51. The molecular weight excluding hydrogens is 308 g/mol. The molecule has 0 aliphatic rings. The van der Waals surface area contributed by atoms with Crippen LogP contribution in [0.25, 0.3) is 10.2 Å². The van der Waals surface area contributed by atoms with Crippen LogP contribution in [0, 0.1) is 6.92 Å². The maximum Gasteiger partial charge on any atom is 0.269 e. The number of thiazole rings is 1. The summed E-state index contributed by atoms with van der Waals surface area (Å²) in [5.41, 5.74) is 1.07. The average Bonchev–Trinajstić information content (AvgIpc) is 2.89. The minimum absolute atomic E-state index is 0.225. The van der Waals surface area contributed by atoms with Crippen LogP contribution in [0.4, 0.5) is 5.13 Å². The number of amides is 1. The molecule has 0 fully saturated rings. The second-order valence-electron chi connectivity index (χ2n) is 5.87. The van der Waals surface area contributed by atoms with E-state index in [1.165, 1.54) is 16.9 Å². The van der Waals surface area contributed by atoms with Crippen LogP contribution in [0.15, 0.2) is 48.5 Å². The van der Waals surface area contributed by atoms with E-state index in [0.29, 0.717) is 10.9 Å². The highest BCUT2D eigenvalue weighted by molar-refractivity contribution is 7.22. The first-order valence-electron chi connectivity index (χ1n) is 7.37. The quantitative estimate of drug-likeness (QED) is 0.773. The van der Waals surface area contributed by atoms with Crippen molar-refractivity contribution in [3.05, 3.63) is 54.1 Å². The van der Waals surface area contributed by atoms with Gasteiger partial charge in [-0.05, 0) is 50.6 Å². The zero-order valence-corrected chi connectivity index (χ0v) is 14.1. The van der Waals surface area contributed by atoms with E-state index in [1.807, 2.05) is 49.4 Å². The highest BCUT2D eigenvalue weighted by Gasteiger charge is 2.30. The van der Waals surface area contributed by atoms with Crippen LogP contribution in [0.5, 0.6) is 5.75 Å². The number of para-hydroxylation sites is 1. The zero-order chi connectivity index (χ0) is 16.4. The monoisotopic (exact) mass is 326 g/mol. The van der Waals surface area contributed by atoms with Gasteiger partial charge in [-0.25, -0.2) is 4.98 Å². The number of benzene rings is 2. The number of carbonyl (C=O) groups excluding carboxylic acids is 1. The van der Waals surface area contributed by atoms with Gasteiger partial charge < -0.3 is 4.74 Å². The number of nitrogens with one attached hydrogen (secondary N) is 1. The maximum absolute atomic E-state index is 12.5. The van der Waals surface area contributed by atoms with Gasteiger partial charge in [-0.1, -0.05) is 35.6 Å². The fourth-order valence-electron chi connectivity index (χ4n) is 2.16. The second kappa shape index (κ2) is 6.01. The van der Waals surface area contributed by atoms with Crippen molar-refractivity contribution < 1.29 is 9.53 Å². The lowest BCUT2D eigenvalue weighted by Crippen LogP contribution is -2.42. The van der Waals surface area contributed by atoms with Gasteiger partial charge in [0.05, 0.1) is 10.2 Å². The molecule has 4 nitrogen and oxygen atoms in total. The van der Waals surface area contributed by atoms with Gasteiger partial charge in [-0.15, -0.1) is 0 Å². The number of nitrogens with zero attached hydrogens (tertiary/aromatic N) is 1. The minimum Gasteiger partial charge on any atom is -0.478 e. The Balaban J connectivity index is 1.76. The van der Waals surface area contributed by atoms with Crippen molar-refractivity contribution in [1.82, 2.24) is 4.98 Å². The summed E-state index contributed by atoms with van der Waals surface area (Å²) in [6.45, 7) is 5.52. The highest BCUT2D eigenvalue weighted by atomic mass is 32.1. The summed E-state index contributed by atoms with van der Waals surface area (Å²) in [5, 5.41) is 3.44. The normalized spacial score (nSPS) is 11.4. The van der Waals surface area contributed by atoms with Crippen LogP contribution in [0.2, 0.25) is 0 Å². The molecule has 1 aromatic heterocycles. The Morgan fingerprint density at radius 2 is 1.91 bits per heavy atom. The van der Waals surface area contributed by atoms with Crippen molar-refractivity contribution >= 4 is 32.6 Å². The van der Waals surface area contributed by atoms with E-state index in [1.54, 1.807) is 13.8 Å². The number of aryl methyl sites for hydroxylation is 1. The van der Waals surface area contributed by atoms with E-state index in [9.17, 15) is 4.79 Å². The molecule has 1 N–H and O–H groups in total. The van der Waals surface area contributed by atoms with Crippen LogP contribution in [-0.2, 0) is 4.79 Å². The van der Waals surface area contributed by atoms with Gasteiger partial charge >= 0.3 is 0 Å². The van der Waals surface area contributed by atoms with Gasteiger partial charge in [0.2, 0.25) is 0 Å². The number of hydrogen-bond acceptors (Lipinski definition) is 4. The molecule has 0 bridgehead atoms. The van der Waals surface area contributed by atoms with Crippen LogP contribution in [0.1, 0.15) is 19.4 Å². The van der Waals surface area contributed by atoms with E-state index in [-0.39, 0.29) is 5.91 Å². The third-order valence-corrected chi connectivity index (χ3v) is 4.36. The van der Waals surface area contributed by atoms with Gasteiger partial charge in [0.25, 0.3) is 5.91 Å². The van der Waals surface area contributed by atoms with Crippen molar-refractivity contribution in [2.75, 3.05) is 5.32 Å². The number of ether oxygens (including phenoxy) is 1. The summed E-state index contributed by atoms with van der Waals surface area (Å²) in [6.07, 6.45) is 0. The molecule has 0 aliphatic carbocycles. The molecule has 118 valence electrons. The number of carbonyl (C=O) groups is 1. The van der Waals surface area contributed by atoms with E-state index in [2.05, 4.69) is 16.4 Å². The molecule has 3 rings (SSSR count). The zero-order valence-electron chi connectivity index (χ0n) is 13.3. The molecule has 0 spiro atoms. The first-order chi connectivity index (χ1) is 10.9. The molecule has 0 saturated carbocycles. The number of rotatable bonds is 4. The standard InChI is InChI=1S/C18H18N2O2S/c1-12-9-10-14-15(11-12)23-17(19-14)20-16(21)18(2,3)22-13-7-5-4-6-8-13/h4-11H,1-3H3,(H,19,20,21). The lowest BCUT2D eigenvalue weighted by molar-refractivity contribution is -0.128. The van der Waals surface area contributed by atoms with Crippen LogP contribution >= 0.6 is 11.3 Å². The summed E-state index contributed by atoms with van der Waals surface area (Å²) in [5.74, 6) is 0.435. The van der Waals surface area contributed by atoms with E-state index in [0.717, 1.165) is 10.2 Å². The van der Waals surface area contributed by atoms with Gasteiger partial charge in [0, 0.05) is 0 Å². The maximum atomic E-state index is 12.5. The fraction of sp³-hybridized carbons (Fsp3) is 0.222. The molecule has 0 unspecified atom stereocenters.